The molecular weight excluding hydrogens is 528 g/mol. The van der Waals surface area contributed by atoms with Gasteiger partial charge in [0.05, 0.1) is 24.9 Å². The average molecular weight is 555 g/mol. The number of nitrogens with zero attached hydrogens (tertiary/aromatic N) is 3. The Morgan fingerprint density at radius 3 is 2.16 bits per heavy atom. The maximum Gasteiger partial charge on any atom is 0.490 e. The quantitative estimate of drug-likeness (QED) is 0.504. The molecule has 1 aromatic heterocycles. The van der Waals surface area contributed by atoms with E-state index in [0.717, 1.165) is 25.5 Å². The molecule has 2 N–H and O–H groups in total. The summed E-state index contributed by atoms with van der Waals surface area (Å²) in [5.41, 5.74) is 0.562. The third-order valence-electron chi connectivity index (χ3n) is 6.34. The summed E-state index contributed by atoms with van der Waals surface area (Å²) in [4.78, 5) is 24.6. The van der Waals surface area contributed by atoms with Gasteiger partial charge in [0.1, 0.15) is 6.07 Å². The number of hydrogen-bond acceptors (Lipinski definition) is 7. The van der Waals surface area contributed by atoms with Gasteiger partial charge in [0.2, 0.25) is 5.88 Å². The lowest BCUT2D eigenvalue weighted by Gasteiger charge is -2.30. The van der Waals surface area contributed by atoms with Crippen molar-refractivity contribution < 1.29 is 55.6 Å². The molecule has 2 aliphatic heterocycles. The first-order chi connectivity index (χ1) is 17.7. The van der Waals surface area contributed by atoms with Crippen LogP contribution < -0.4 is 4.74 Å². The summed E-state index contributed by atoms with van der Waals surface area (Å²) in [5.74, 6) is -2.71. The molecule has 38 heavy (non-hydrogen) atoms. The Morgan fingerprint density at radius 2 is 1.71 bits per heavy atom. The summed E-state index contributed by atoms with van der Waals surface area (Å²) in [6.45, 7) is 5.13. The van der Waals surface area contributed by atoms with Crippen molar-refractivity contribution in [3.63, 3.8) is 0 Å². The van der Waals surface area contributed by atoms with Gasteiger partial charge < -0.3 is 24.6 Å². The lowest BCUT2D eigenvalue weighted by molar-refractivity contribution is -0.193. The zero-order valence-corrected chi connectivity index (χ0v) is 20.0. The van der Waals surface area contributed by atoms with Crippen molar-refractivity contribution in [2.45, 2.75) is 44.1 Å². The van der Waals surface area contributed by atoms with E-state index in [1.165, 1.54) is 32.4 Å². The first-order valence-electron chi connectivity index (χ1n) is 11.6. The minimum absolute atomic E-state index is 0.433. The van der Waals surface area contributed by atoms with Gasteiger partial charge in [0, 0.05) is 37.8 Å². The van der Waals surface area contributed by atoms with Crippen molar-refractivity contribution in [3.05, 3.63) is 23.9 Å². The van der Waals surface area contributed by atoms with Gasteiger partial charge in [-0.1, -0.05) is 6.42 Å². The van der Waals surface area contributed by atoms with Crippen LogP contribution in [0.25, 0.3) is 0 Å². The smallest absolute Gasteiger partial charge is 0.478 e. The van der Waals surface area contributed by atoms with Gasteiger partial charge in [-0.2, -0.15) is 31.6 Å². The highest BCUT2D eigenvalue weighted by atomic mass is 19.4. The minimum atomic E-state index is -5.08. The fourth-order valence-electron chi connectivity index (χ4n) is 4.21. The molecule has 212 valence electrons. The summed E-state index contributed by atoms with van der Waals surface area (Å²) >= 11 is 0. The highest BCUT2D eigenvalue weighted by molar-refractivity contribution is 5.73. The molecule has 0 aromatic carbocycles. The van der Waals surface area contributed by atoms with Gasteiger partial charge in [0.15, 0.2) is 0 Å². The number of nitriles is 1. The first kappa shape index (κ1) is 31.1. The van der Waals surface area contributed by atoms with Crippen LogP contribution in [0.3, 0.4) is 0 Å². The number of carboxylic acid groups (broad SMARTS) is 2. The summed E-state index contributed by atoms with van der Waals surface area (Å²) < 4.78 is 75.3. The minimum Gasteiger partial charge on any atom is -0.478 e. The second kappa shape index (κ2) is 13.6. The van der Waals surface area contributed by atoms with Crippen molar-refractivity contribution in [3.8, 4) is 11.9 Å². The number of pyridine rings is 1. The van der Waals surface area contributed by atoms with Gasteiger partial charge in [-0.25, -0.2) is 14.6 Å². The molecule has 0 bridgehead atoms. The molecule has 1 saturated carbocycles. The number of rotatable bonds is 6. The Balaban J connectivity index is 0.000000301. The van der Waals surface area contributed by atoms with Crippen LogP contribution >= 0.6 is 0 Å². The molecular formula is C23H27F6N3O6. The van der Waals surface area contributed by atoms with Gasteiger partial charge in [-0.05, 0) is 37.2 Å². The van der Waals surface area contributed by atoms with Crippen LogP contribution in [0.4, 0.5) is 26.3 Å². The largest absolute Gasteiger partial charge is 0.490 e. The maximum atomic E-state index is 10.6. The third-order valence-corrected chi connectivity index (χ3v) is 6.34. The zero-order valence-electron chi connectivity index (χ0n) is 20.0. The fourth-order valence-corrected chi connectivity index (χ4v) is 4.21. The number of ether oxygens (including phenoxy) is 2. The van der Waals surface area contributed by atoms with E-state index in [-0.39, 0.29) is 0 Å². The number of alkyl halides is 6. The molecule has 3 heterocycles. The van der Waals surface area contributed by atoms with E-state index in [9.17, 15) is 26.3 Å². The lowest BCUT2D eigenvalue weighted by atomic mass is 9.85. The number of carbonyl (C=O) groups is 2. The molecule has 15 heteroatoms. The second-order valence-corrected chi connectivity index (χ2v) is 9.05. The summed E-state index contributed by atoms with van der Waals surface area (Å²) in [7, 11) is 0. The van der Waals surface area contributed by atoms with Crippen molar-refractivity contribution in [1.29, 1.82) is 5.26 Å². The highest BCUT2D eigenvalue weighted by Gasteiger charge is 2.44. The zero-order chi connectivity index (χ0) is 28.5. The summed E-state index contributed by atoms with van der Waals surface area (Å²) in [6.07, 6.45) is -2.91. The third kappa shape index (κ3) is 9.97. The van der Waals surface area contributed by atoms with E-state index in [4.69, 9.17) is 34.5 Å². The molecule has 2 saturated heterocycles. The van der Waals surface area contributed by atoms with Crippen molar-refractivity contribution in [1.82, 2.24) is 9.88 Å². The molecule has 0 unspecified atom stereocenters. The lowest BCUT2D eigenvalue weighted by Crippen LogP contribution is -2.32. The van der Waals surface area contributed by atoms with Crippen molar-refractivity contribution >= 4 is 11.9 Å². The molecule has 0 radical (unpaired) electrons. The Hall–Kier alpha value is -3.12. The standard InChI is InChI=1S/C19H25N3O2.2C2HF3O2/c20-8-15-4-5-19(21-9-15)23-7-6-16-13-24-18-12-22(11-17(16)18)10-14-2-1-3-14;2*3-2(4,5)1(6)7/h4-5,9,14,16-18H,1-3,6-7,10-13H2;2*(H,6,7)/t16-,17-,18-;;/m0../s1. The van der Waals surface area contributed by atoms with Crippen LogP contribution in [0.2, 0.25) is 0 Å². The van der Waals surface area contributed by atoms with E-state index in [1.807, 2.05) is 0 Å². The normalized spacial score (nSPS) is 23.0. The van der Waals surface area contributed by atoms with Gasteiger partial charge in [0.25, 0.3) is 0 Å². The molecule has 4 rings (SSSR count). The Morgan fingerprint density at radius 1 is 1.11 bits per heavy atom. The summed E-state index contributed by atoms with van der Waals surface area (Å²) in [5, 5.41) is 23.0. The van der Waals surface area contributed by atoms with Crippen LogP contribution in [-0.4, -0.2) is 83.3 Å². The predicted molar refractivity (Wildman–Crippen MR) is 117 cm³/mol. The molecule has 1 aromatic rings. The van der Waals surface area contributed by atoms with Crippen LogP contribution in [0.15, 0.2) is 18.3 Å². The SMILES string of the molecule is N#Cc1ccc(OCC[C@H]2CO[C@H]3CN(CC4CCC4)C[C@@H]23)nc1.O=C(O)C(F)(F)F.O=C(O)C(F)(F)F. The van der Waals surface area contributed by atoms with E-state index in [2.05, 4.69) is 16.0 Å². The monoisotopic (exact) mass is 555 g/mol. The number of aromatic nitrogens is 1. The van der Waals surface area contributed by atoms with Crippen LogP contribution in [-0.2, 0) is 14.3 Å². The first-order valence-corrected chi connectivity index (χ1v) is 11.6. The molecule has 1 aliphatic carbocycles. The number of fused-ring (bicyclic) bond motifs is 1. The number of carboxylic acids is 2. The van der Waals surface area contributed by atoms with E-state index >= 15 is 0 Å². The van der Waals surface area contributed by atoms with E-state index in [1.54, 1.807) is 18.3 Å². The van der Waals surface area contributed by atoms with Crippen LogP contribution in [0, 0.1) is 29.1 Å². The van der Waals surface area contributed by atoms with E-state index in [0.29, 0.717) is 36.0 Å². The van der Waals surface area contributed by atoms with Crippen molar-refractivity contribution in [2.24, 2.45) is 17.8 Å². The molecule has 3 atom stereocenters. The summed E-state index contributed by atoms with van der Waals surface area (Å²) in [6, 6.07) is 5.58. The number of halogens is 6. The number of likely N-dealkylation sites (tertiary alicyclic amines) is 1. The maximum absolute atomic E-state index is 10.6. The van der Waals surface area contributed by atoms with Gasteiger partial charge in [-0.3, -0.25) is 0 Å². The molecule has 9 nitrogen and oxygen atoms in total. The predicted octanol–water partition coefficient (Wildman–Crippen LogP) is 3.74. The highest BCUT2D eigenvalue weighted by Crippen LogP contribution is 2.37. The number of aliphatic carboxylic acids is 2. The Kier molecular flexibility index (Phi) is 11.1. The molecule has 3 fully saturated rings. The topological polar surface area (TPSA) is 133 Å². The van der Waals surface area contributed by atoms with Gasteiger partial charge in [-0.15, -0.1) is 0 Å². The number of hydrogen-bond donors (Lipinski definition) is 2. The Bertz CT molecular complexity index is 938. The molecule has 0 spiro atoms. The van der Waals surface area contributed by atoms with Gasteiger partial charge >= 0.3 is 24.3 Å². The second-order valence-electron chi connectivity index (χ2n) is 9.05. The molecule has 3 aliphatic rings. The molecule has 0 amide bonds. The van der Waals surface area contributed by atoms with Crippen LogP contribution in [0.5, 0.6) is 5.88 Å². The van der Waals surface area contributed by atoms with E-state index < -0.39 is 24.3 Å². The fraction of sp³-hybridized carbons (Fsp3) is 0.652. The van der Waals surface area contributed by atoms with Crippen molar-refractivity contribution in [2.75, 3.05) is 32.8 Å². The van der Waals surface area contributed by atoms with Crippen LogP contribution in [0.1, 0.15) is 31.2 Å². The Labute approximate surface area is 213 Å². The average Bonchev–Trinajstić information content (AvgIpc) is 3.37.